The Kier molecular flexibility index (Phi) is 6.14. The van der Waals surface area contributed by atoms with Crippen molar-refractivity contribution in [3.8, 4) is 0 Å². The van der Waals surface area contributed by atoms with Gasteiger partial charge < -0.3 is 9.80 Å². The minimum atomic E-state index is -3.64. The van der Waals surface area contributed by atoms with Gasteiger partial charge in [0, 0.05) is 36.8 Å². The molecule has 4 rings (SSSR count). The molecule has 0 unspecified atom stereocenters. The van der Waals surface area contributed by atoms with Crippen molar-refractivity contribution >= 4 is 38.5 Å². The normalized spacial score (nSPS) is 11.1. The molecule has 0 aromatic heterocycles. The predicted molar refractivity (Wildman–Crippen MR) is 133 cm³/mol. The van der Waals surface area contributed by atoms with Crippen LogP contribution < -0.4 is 14.5 Å². The highest BCUT2D eigenvalue weighted by Gasteiger charge is 2.14. The summed E-state index contributed by atoms with van der Waals surface area (Å²) in [5.74, 6) is 0. The highest BCUT2D eigenvalue weighted by molar-refractivity contribution is 7.92. The minimum Gasteiger partial charge on any atom is -0.345 e. The van der Waals surface area contributed by atoms with E-state index in [0.717, 1.165) is 22.7 Å². The topological polar surface area (TPSA) is 52.6 Å². The van der Waals surface area contributed by atoms with E-state index < -0.39 is 10.0 Å². The zero-order chi connectivity index (χ0) is 22.6. The fourth-order valence-corrected chi connectivity index (χ4v) is 4.51. The summed E-state index contributed by atoms with van der Waals surface area (Å²) in [6, 6.07) is 34.1. The molecule has 0 radical (unpaired) electrons. The van der Waals surface area contributed by atoms with Crippen LogP contribution in [0.4, 0.5) is 28.4 Å². The molecule has 6 heteroatoms. The predicted octanol–water partition coefficient (Wildman–Crippen LogP) is 6.02. The Balaban J connectivity index is 1.52. The first-order valence-electron chi connectivity index (χ1n) is 10.2. The summed E-state index contributed by atoms with van der Waals surface area (Å²) in [6.45, 7) is 0. The van der Waals surface area contributed by atoms with Crippen LogP contribution in [0, 0.1) is 0 Å². The van der Waals surface area contributed by atoms with Gasteiger partial charge in [-0.15, -0.1) is 0 Å². The summed E-state index contributed by atoms with van der Waals surface area (Å²) in [6.07, 6.45) is 0. The highest BCUT2D eigenvalue weighted by Crippen LogP contribution is 2.30. The van der Waals surface area contributed by atoms with E-state index in [-0.39, 0.29) is 4.90 Å². The summed E-state index contributed by atoms with van der Waals surface area (Å²) >= 11 is 0. The molecule has 0 aliphatic heterocycles. The molecular formula is C26H25N3O2S. The molecule has 0 aliphatic rings. The lowest BCUT2D eigenvalue weighted by Crippen LogP contribution is -2.14. The number of hydrogen-bond donors (Lipinski definition) is 1. The molecule has 4 aromatic rings. The molecule has 32 heavy (non-hydrogen) atoms. The molecular weight excluding hydrogens is 418 g/mol. The van der Waals surface area contributed by atoms with Crippen LogP contribution in [-0.4, -0.2) is 22.5 Å². The molecule has 0 spiro atoms. The minimum absolute atomic E-state index is 0.233. The Hall–Kier alpha value is -3.77. The van der Waals surface area contributed by atoms with Gasteiger partial charge in [0.2, 0.25) is 0 Å². The smallest absolute Gasteiger partial charge is 0.261 e. The van der Waals surface area contributed by atoms with Crippen LogP contribution in [0.2, 0.25) is 0 Å². The van der Waals surface area contributed by atoms with Crippen molar-refractivity contribution < 1.29 is 8.42 Å². The first-order chi connectivity index (χ1) is 15.4. The second kappa shape index (κ2) is 9.16. The standard InChI is InChI=1S/C26H25N3O2S/c1-28(22-11-5-3-6-12-22)23-16-18-24(19-17-23)29(2)25-13-9-10-21(20-25)27-32(30,31)26-14-7-4-8-15-26/h3-20,27H,1-2H3. The van der Waals surface area contributed by atoms with Crippen LogP contribution in [0.1, 0.15) is 0 Å². The molecule has 0 amide bonds. The second-order valence-electron chi connectivity index (χ2n) is 7.44. The van der Waals surface area contributed by atoms with Crippen molar-refractivity contribution in [2.24, 2.45) is 0 Å². The lowest BCUT2D eigenvalue weighted by Gasteiger charge is -2.23. The number of sulfonamides is 1. The third-order valence-electron chi connectivity index (χ3n) is 5.31. The van der Waals surface area contributed by atoms with E-state index in [4.69, 9.17) is 0 Å². The van der Waals surface area contributed by atoms with Crippen molar-refractivity contribution in [1.82, 2.24) is 0 Å². The Labute approximate surface area is 189 Å². The summed E-state index contributed by atoms with van der Waals surface area (Å²) in [5.41, 5.74) is 4.59. The summed E-state index contributed by atoms with van der Waals surface area (Å²) in [4.78, 5) is 4.38. The van der Waals surface area contributed by atoms with Crippen LogP contribution in [0.3, 0.4) is 0 Å². The average molecular weight is 444 g/mol. The fraction of sp³-hybridized carbons (Fsp3) is 0.0769. The first-order valence-corrected chi connectivity index (χ1v) is 11.7. The van der Waals surface area contributed by atoms with Crippen molar-refractivity contribution in [2.75, 3.05) is 28.6 Å². The molecule has 5 nitrogen and oxygen atoms in total. The zero-order valence-corrected chi connectivity index (χ0v) is 18.8. The van der Waals surface area contributed by atoms with Gasteiger partial charge in [0.25, 0.3) is 10.0 Å². The quantitative estimate of drug-likeness (QED) is 0.379. The molecule has 1 N–H and O–H groups in total. The van der Waals surface area contributed by atoms with Gasteiger partial charge in [-0.05, 0) is 66.7 Å². The number of nitrogens with zero attached hydrogens (tertiary/aromatic N) is 2. The van der Waals surface area contributed by atoms with Gasteiger partial charge in [-0.3, -0.25) is 4.72 Å². The van der Waals surface area contributed by atoms with Crippen molar-refractivity contribution in [3.63, 3.8) is 0 Å². The molecule has 0 atom stereocenters. The molecule has 162 valence electrons. The Morgan fingerprint density at radius 1 is 0.562 bits per heavy atom. The number of para-hydroxylation sites is 1. The van der Waals surface area contributed by atoms with Gasteiger partial charge in [0.15, 0.2) is 0 Å². The zero-order valence-electron chi connectivity index (χ0n) is 18.0. The third kappa shape index (κ3) is 4.76. The molecule has 0 heterocycles. The maximum atomic E-state index is 12.6. The lowest BCUT2D eigenvalue weighted by atomic mass is 10.2. The molecule has 0 saturated heterocycles. The van der Waals surface area contributed by atoms with Gasteiger partial charge >= 0.3 is 0 Å². The molecule has 0 bridgehead atoms. The van der Waals surface area contributed by atoms with Gasteiger partial charge in [-0.25, -0.2) is 8.42 Å². The van der Waals surface area contributed by atoms with E-state index in [1.165, 1.54) is 0 Å². The molecule has 4 aromatic carbocycles. The van der Waals surface area contributed by atoms with E-state index in [1.807, 2.05) is 55.4 Å². The van der Waals surface area contributed by atoms with Gasteiger partial charge in [0.1, 0.15) is 0 Å². The van der Waals surface area contributed by atoms with Crippen molar-refractivity contribution in [1.29, 1.82) is 0 Å². The number of benzene rings is 4. The van der Waals surface area contributed by atoms with Crippen LogP contribution in [-0.2, 0) is 10.0 Å². The summed E-state index contributed by atoms with van der Waals surface area (Å²) < 4.78 is 27.9. The number of anilines is 5. The lowest BCUT2D eigenvalue weighted by molar-refractivity contribution is 0.601. The summed E-state index contributed by atoms with van der Waals surface area (Å²) in [7, 11) is 0.361. The van der Waals surface area contributed by atoms with Gasteiger partial charge in [-0.2, -0.15) is 0 Å². The van der Waals surface area contributed by atoms with Crippen LogP contribution in [0.15, 0.2) is 114 Å². The van der Waals surface area contributed by atoms with Gasteiger partial charge in [0.05, 0.1) is 10.6 Å². The largest absolute Gasteiger partial charge is 0.345 e. The number of nitrogens with one attached hydrogen (secondary N) is 1. The first kappa shape index (κ1) is 21.5. The SMILES string of the molecule is CN(c1ccccc1)c1ccc(N(C)c2cccc(NS(=O)(=O)c3ccccc3)c2)cc1. The number of hydrogen-bond acceptors (Lipinski definition) is 4. The van der Waals surface area contributed by atoms with Crippen LogP contribution in [0.25, 0.3) is 0 Å². The second-order valence-corrected chi connectivity index (χ2v) is 9.12. The van der Waals surface area contributed by atoms with Crippen molar-refractivity contribution in [3.05, 3.63) is 109 Å². The Morgan fingerprint density at radius 2 is 1.03 bits per heavy atom. The monoisotopic (exact) mass is 443 g/mol. The van der Waals surface area contributed by atoms with Crippen molar-refractivity contribution in [2.45, 2.75) is 4.90 Å². The highest BCUT2D eigenvalue weighted by atomic mass is 32.2. The Morgan fingerprint density at radius 3 is 1.62 bits per heavy atom. The fourth-order valence-electron chi connectivity index (χ4n) is 3.44. The van der Waals surface area contributed by atoms with E-state index in [1.54, 1.807) is 36.4 Å². The van der Waals surface area contributed by atoms with E-state index in [2.05, 4.69) is 46.0 Å². The average Bonchev–Trinajstić information content (AvgIpc) is 2.84. The summed E-state index contributed by atoms with van der Waals surface area (Å²) in [5, 5.41) is 0. The third-order valence-corrected chi connectivity index (χ3v) is 6.70. The maximum Gasteiger partial charge on any atom is 0.261 e. The van der Waals surface area contributed by atoms with Gasteiger partial charge in [-0.1, -0.05) is 42.5 Å². The Bertz CT molecular complexity index is 1280. The molecule has 0 fully saturated rings. The van der Waals surface area contributed by atoms with E-state index in [0.29, 0.717) is 5.69 Å². The van der Waals surface area contributed by atoms with E-state index in [9.17, 15) is 8.42 Å². The molecule has 0 saturated carbocycles. The maximum absolute atomic E-state index is 12.6. The molecule has 0 aliphatic carbocycles. The number of rotatable bonds is 7. The van der Waals surface area contributed by atoms with Crippen LogP contribution >= 0.6 is 0 Å². The van der Waals surface area contributed by atoms with E-state index >= 15 is 0 Å². The van der Waals surface area contributed by atoms with Crippen LogP contribution in [0.5, 0.6) is 0 Å².